The summed E-state index contributed by atoms with van der Waals surface area (Å²) in [6.07, 6.45) is 0. The Morgan fingerprint density at radius 3 is 2.67 bits per heavy atom. The fourth-order valence-corrected chi connectivity index (χ4v) is 1.92. The van der Waals surface area contributed by atoms with Crippen molar-refractivity contribution in [3.05, 3.63) is 63.6 Å². The molecule has 0 fully saturated rings. The van der Waals surface area contributed by atoms with Crippen molar-refractivity contribution in [1.29, 1.82) is 0 Å². The highest BCUT2D eigenvalue weighted by Crippen LogP contribution is 2.22. The standard InChI is InChI=1S/C14H12Cl2O2/c15-12-4-5-14(16)11(7-12)9-18-13-3-1-2-10(6-13)8-17/h1-7,17H,8-9H2. The molecule has 0 heterocycles. The molecule has 0 amide bonds. The molecule has 18 heavy (non-hydrogen) atoms. The van der Waals surface area contributed by atoms with E-state index in [9.17, 15) is 0 Å². The van der Waals surface area contributed by atoms with Crippen LogP contribution in [0.2, 0.25) is 10.0 Å². The Labute approximate surface area is 116 Å². The van der Waals surface area contributed by atoms with Crippen LogP contribution >= 0.6 is 23.2 Å². The van der Waals surface area contributed by atoms with Gasteiger partial charge in [0.2, 0.25) is 0 Å². The second-order valence-electron chi connectivity index (χ2n) is 3.83. The van der Waals surface area contributed by atoms with Crippen molar-refractivity contribution in [3.63, 3.8) is 0 Å². The average Bonchev–Trinajstić information content (AvgIpc) is 2.40. The maximum Gasteiger partial charge on any atom is 0.120 e. The Morgan fingerprint density at radius 2 is 1.89 bits per heavy atom. The van der Waals surface area contributed by atoms with Gasteiger partial charge in [-0.3, -0.25) is 0 Å². The highest BCUT2D eigenvalue weighted by molar-refractivity contribution is 6.33. The molecule has 2 aromatic carbocycles. The molecule has 4 heteroatoms. The lowest BCUT2D eigenvalue weighted by atomic mass is 10.2. The van der Waals surface area contributed by atoms with Crippen LogP contribution in [0.25, 0.3) is 0 Å². The number of hydrogen-bond donors (Lipinski definition) is 1. The molecule has 0 bridgehead atoms. The fraction of sp³-hybridized carbons (Fsp3) is 0.143. The summed E-state index contributed by atoms with van der Waals surface area (Å²) in [4.78, 5) is 0. The summed E-state index contributed by atoms with van der Waals surface area (Å²) >= 11 is 11.9. The van der Waals surface area contributed by atoms with Gasteiger partial charge in [-0.05, 0) is 35.9 Å². The Balaban J connectivity index is 2.08. The number of rotatable bonds is 4. The van der Waals surface area contributed by atoms with Crippen LogP contribution in [-0.2, 0) is 13.2 Å². The molecule has 1 N–H and O–H groups in total. The number of ether oxygens (including phenoxy) is 1. The quantitative estimate of drug-likeness (QED) is 0.916. The van der Waals surface area contributed by atoms with Crippen LogP contribution < -0.4 is 4.74 Å². The van der Waals surface area contributed by atoms with Crippen LogP contribution in [0.5, 0.6) is 5.75 Å². The zero-order valence-electron chi connectivity index (χ0n) is 9.57. The first-order valence-corrected chi connectivity index (χ1v) is 6.21. The van der Waals surface area contributed by atoms with Crippen LogP contribution in [0.1, 0.15) is 11.1 Å². The zero-order chi connectivity index (χ0) is 13.0. The summed E-state index contributed by atoms with van der Waals surface area (Å²) in [6, 6.07) is 12.5. The molecule has 0 aliphatic rings. The largest absolute Gasteiger partial charge is 0.489 e. The van der Waals surface area contributed by atoms with Gasteiger partial charge < -0.3 is 9.84 Å². The Kier molecular flexibility index (Phi) is 4.48. The molecule has 2 rings (SSSR count). The molecule has 0 saturated heterocycles. The lowest BCUT2D eigenvalue weighted by Gasteiger charge is -2.09. The summed E-state index contributed by atoms with van der Waals surface area (Å²) in [5.41, 5.74) is 1.64. The summed E-state index contributed by atoms with van der Waals surface area (Å²) in [7, 11) is 0. The number of aliphatic hydroxyl groups is 1. The van der Waals surface area contributed by atoms with Crippen molar-refractivity contribution in [3.8, 4) is 5.75 Å². The molecule has 0 aromatic heterocycles. The molecule has 0 spiro atoms. The first kappa shape index (κ1) is 13.2. The molecule has 0 atom stereocenters. The summed E-state index contributed by atoms with van der Waals surface area (Å²) in [6.45, 7) is 0.337. The molecule has 0 unspecified atom stereocenters. The lowest BCUT2D eigenvalue weighted by molar-refractivity contribution is 0.278. The Bertz CT molecular complexity index is 541. The number of benzene rings is 2. The highest BCUT2D eigenvalue weighted by Gasteiger charge is 2.03. The van der Waals surface area contributed by atoms with E-state index in [1.165, 1.54) is 0 Å². The van der Waals surface area contributed by atoms with E-state index >= 15 is 0 Å². The SMILES string of the molecule is OCc1cccc(OCc2cc(Cl)ccc2Cl)c1. The molecular weight excluding hydrogens is 271 g/mol. The molecule has 2 aromatic rings. The van der Waals surface area contributed by atoms with E-state index in [0.29, 0.717) is 22.4 Å². The molecule has 0 radical (unpaired) electrons. The summed E-state index contributed by atoms with van der Waals surface area (Å²) < 4.78 is 5.62. The molecule has 0 saturated carbocycles. The Hall–Kier alpha value is -1.22. The van der Waals surface area contributed by atoms with E-state index in [2.05, 4.69) is 0 Å². The van der Waals surface area contributed by atoms with Gasteiger partial charge in [0.05, 0.1) is 6.61 Å². The van der Waals surface area contributed by atoms with Crippen molar-refractivity contribution in [2.24, 2.45) is 0 Å². The minimum Gasteiger partial charge on any atom is -0.489 e. The maximum absolute atomic E-state index is 9.03. The third-order valence-electron chi connectivity index (χ3n) is 2.48. The number of aliphatic hydroxyl groups excluding tert-OH is 1. The predicted octanol–water partition coefficient (Wildman–Crippen LogP) is 4.06. The fourth-order valence-electron chi connectivity index (χ4n) is 1.55. The van der Waals surface area contributed by atoms with E-state index in [-0.39, 0.29) is 6.61 Å². The van der Waals surface area contributed by atoms with Crippen LogP contribution in [0.15, 0.2) is 42.5 Å². The minimum atomic E-state index is -0.00484. The minimum absolute atomic E-state index is 0.00484. The van der Waals surface area contributed by atoms with E-state index in [1.807, 2.05) is 18.2 Å². The zero-order valence-corrected chi connectivity index (χ0v) is 11.1. The molecule has 0 aliphatic heterocycles. The van der Waals surface area contributed by atoms with Crippen molar-refractivity contribution < 1.29 is 9.84 Å². The molecule has 2 nitrogen and oxygen atoms in total. The monoisotopic (exact) mass is 282 g/mol. The first-order chi connectivity index (χ1) is 8.69. The lowest BCUT2D eigenvalue weighted by Crippen LogP contribution is -1.97. The summed E-state index contributed by atoms with van der Waals surface area (Å²) in [5, 5.41) is 10.3. The maximum atomic E-state index is 9.03. The Morgan fingerprint density at radius 1 is 1.06 bits per heavy atom. The third kappa shape index (κ3) is 3.39. The van der Waals surface area contributed by atoms with Gasteiger partial charge in [-0.15, -0.1) is 0 Å². The smallest absolute Gasteiger partial charge is 0.120 e. The van der Waals surface area contributed by atoms with Gasteiger partial charge in [0.1, 0.15) is 12.4 Å². The highest BCUT2D eigenvalue weighted by atomic mass is 35.5. The predicted molar refractivity (Wildman–Crippen MR) is 73.2 cm³/mol. The van der Waals surface area contributed by atoms with Crippen LogP contribution in [0.4, 0.5) is 0 Å². The van der Waals surface area contributed by atoms with Crippen molar-refractivity contribution >= 4 is 23.2 Å². The van der Waals surface area contributed by atoms with Crippen LogP contribution in [0.3, 0.4) is 0 Å². The van der Waals surface area contributed by atoms with Crippen LogP contribution in [0, 0.1) is 0 Å². The van der Waals surface area contributed by atoms with E-state index < -0.39 is 0 Å². The topological polar surface area (TPSA) is 29.5 Å². The van der Waals surface area contributed by atoms with Gasteiger partial charge in [-0.2, -0.15) is 0 Å². The van der Waals surface area contributed by atoms with Crippen molar-refractivity contribution in [2.45, 2.75) is 13.2 Å². The first-order valence-electron chi connectivity index (χ1n) is 5.45. The molecule has 94 valence electrons. The van der Waals surface area contributed by atoms with Gasteiger partial charge in [-0.1, -0.05) is 35.3 Å². The summed E-state index contributed by atoms with van der Waals surface area (Å²) in [5.74, 6) is 0.692. The second kappa shape index (κ2) is 6.10. The van der Waals surface area contributed by atoms with E-state index in [1.54, 1.807) is 24.3 Å². The average molecular weight is 283 g/mol. The van der Waals surface area contributed by atoms with Gasteiger partial charge >= 0.3 is 0 Å². The van der Waals surface area contributed by atoms with Crippen molar-refractivity contribution in [2.75, 3.05) is 0 Å². The van der Waals surface area contributed by atoms with Gasteiger partial charge in [0.25, 0.3) is 0 Å². The normalized spacial score (nSPS) is 10.4. The van der Waals surface area contributed by atoms with Crippen molar-refractivity contribution in [1.82, 2.24) is 0 Å². The third-order valence-corrected chi connectivity index (χ3v) is 3.09. The van der Waals surface area contributed by atoms with E-state index in [4.69, 9.17) is 33.0 Å². The van der Waals surface area contributed by atoms with Gasteiger partial charge in [0, 0.05) is 15.6 Å². The van der Waals surface area contributed by atoms with E-state index in [0.717, 1.165) is 11.1 Å². The van der Waals surface area contributed by atoms with Gasteiger partial charge in [0.15, 0.2) is 0 Å². The number of hydrogen-bond acceptors (Lipinski definition) is 2. The molecular formula is C14H12Cl2O2. The van der Waals surface area contributed by atoms with Gasteiger partial charge in [-0.25, -0.2) is 0 Å². The molecule has 0 aliphatic carbocycles. The van der Waals surface area contributed by atoms with Crippen LogP contribution in [-0.4, -0.2) is 5.11 Å². The number of halogens is 2. The second-order valence-corrected chi connectivity index (χ2v) is 4.67.